The van der Waals surface area contributed by atoms with E-state index >= 15 is 0 Å². The molecule has 37 valence electrons. The van der Waals surface area contributed by atoms with E-state index in [4.69, 9.17) is 0 Å². The van der Waals surface area contributed by atoms with Crippen LogP contribution in [0.5, 0.6) is 0 Å². The van der Waals surface area contributed by atoms with E-state index in [1.165, 1.54) is 0 Å². The molecule has 0 aromatic carbocycles. The maximum Gasteiger partial charge on any atom is 0.114 e. The standard InChI is InChI=1S/C6H7S/c1-2-3-4-5-6-7/h2-3H2,1H3. The molecule has 0 aliphatic rings. The molecule has 0 atom stereocenters. The Bertz CT molecular complexity index is 94.5. The zero-order valence-corrected chi connectivity index (χ0v) is 5.14. The van der Waals surface area contributed by atoms with Crippen molar-refractivity contribution in [3.8, 4) is 11.8 Å². The SMILES string of the molecule is CCCC#C[C]=S. The average molecular weight is 111 g/mol. The van der Waals surface area contributed by atoms with Gasteiger partial charge < -0.3 is 0 Å². The molecule has 0 nitrogen and oxygen atoms in total. The van der Waals surface area contributed by atoms with Gasteiger partial charge in [0.2, 0.25) is 0 Å². The first kappa shape index (κ1) is 6.65. The molecule has 1 heteroatoms. The third-order valence-corrected chi connectivity index (χ3v) is 0.616. The summed E-state index contributed by atoms with van der Waals surface area (Å²) in [6.07, 6.45) is 2.04. The fourth-order valence-electron chi connectivity index (χ4n) is 0.224. The maximum atomic E-state index is 4.34. The number of rotatable bonds is 1. The number of unbranched alkanes of at least 4 members (excludes halogenated alkanes) is 1. The van der Waals surface area contributed by atoms with Crippen LogP contribution in [0.1, 0.15) is 19.8 Å². The first-order chi connectivity index (χ1) is 3.41. The Morgan fingerprint density at radius 1 is 1.57 bits per heavy atom. The predicted molar refractivity (Wildman–Crippen MR) is 35.3 cm³/mol. The van der Waals surface area contributed by atoms with Crippen molar-refractivity contribution in [3.63, 3.8) is 0 Å². The van der Waals surface area contributed by atoms with Crippen molar-refractivity contribution in [1.29, 1.82) is 0 Å². The lowest BCUT2D eigenvalue weighted by molar-refractivity contribution is 0.984. The Kier molecular flexibility index (Phi) is 5.37. The van der Waals surface area contributed by atoms with Crippen LogP contribution < -0.4 is 0 Å². The summed E-state index contributed by atoms with van der Waals surface area (Å²) < 4.78 is 0. The predicted octanol–water partition coefficient (Wildman–Crippen LogP) is 1.67. The lowest BCUT2D eigenvalue weighted by Gasteiger charge is -1.71. The largest absolute Gasteiger partial charge is 0.114 e. The van der Waals surface area contributed by atoms with Crippen molar-refractivity contribution in [1.82, 2.24) is 0 Å². The molecular weight excluding hydrogens is 104 g/mol. The second-order valence-corrected chi connectivity index (χ2v) is 1.36. The van der Waals surface area contributed by atoms with Crippen LogP contribution in [0.2, 0.25) is 0 Å². The first-order valence-electron chi connectivity index (χ1n) is 2.26. The molecule has 0 spiro atoms. The molecule has 0 unspecified atom stereocenters. The third-order valence-electron chi connectivity index (χ3n) is 0.514. The minimum atomic E-state index is 0.934. The molecule has 0 fully saturated rings. The summed E-state index contributed by atoms with van der Waals surface area (Å²) in [5.41, 5.74) is 0. The average Bonchev–Trinajstić information content (AvgIpc) is 1.69. The third kappa shape index (κ3) is 5.65. The highest BCUT2D eigenvalue weighted by molar-refractivity contribution is 7.79. The fraction of sp³-hybridized carbons (Fsp3) is 0.500. The molecule has 0 saturated heterocycles. The molecule has 0 rings (SSSR count). The molecule has 0 aromatic heterocycles. The van der Waals surface area contributed by atoms with E-state index in [1.54, 1.807) is 0 Å². The van der Waals surface area contributed by atoms with Crippen molar-refractivity contribution in [2.24, 2.45) is 0 Å². The number of hydrogen-bond acceptors (Lipinski definition) is 1. The van der Waals surface area contributed by atoms with Gasteiger partial charge in [0.05, 0.1) is 0 Å². The summed E-state index contributed by atoms with van der Waals surface area (Å²) in [6, 6.07) is 0. The fourth-order valence-corrected chi connectivity index (χ4v) is 0.296. The maximum absolute atomic E-state index is 4.34. The van der Waals surface area contributed by atoms with E-state index in [2.05, 4.69) is 36.3 Å². The smallest absolute Gasteiger partial charge is 0.0969 e. The van der Waals surface area contributed by atoms with Gasteiger partial charge in [-0.1, -0.05) is 31.0 Å². The highest BCUT2D eigenvalue weighted by Gasteiger charge is 1.65. The van der Waals surface area contributed by atoms with Gasteiger partial charge in [-0.3, -0.25) is 0 Å². The molecule has 0 aliphatic carbocycles. The molecule has 0 heterocycles. The van der Waals surface area contributed by atoms with Crippen molar-refractivity contribution in [3.05, 3.63) is 0 Å². The molecule has 0 aromatic rings. The Labute approximate surface area is 49.9 Å². The lowest BCUT2D eigenvalue weighted by Crippen LogP contribution is -1.60. The molecule has 0 saturated carbocycles. The summed E-state index contributed by atoms with van der Waals surface area (Å²) in [5, 5.41) is 2.32. The molecule has 7 heavy (non-hydrogen) atoms. The molecule has 0 bridgehead atoms. The quantitative estimate of drug-likeness (QED) is 0.366. The van der Waals surface area contributed by atoms with Crippen LogP contribution in [0.15, 0.2) is 0 Å². The van der Waals surface area contributed by atoms with Gasteiger partial charge in [0.15, 0.2) is 0 Å². The Morgan fingerprint density at radius 3 is 2.71 bits per heavy atom. The minimum Gasteiger partial charge on any atom is -0.0969 e. The van der Waals surface area contributed by atoms with E-state index < -0.39 is 0 Å². The van der Waals surface area contributed by atoms with Gasteiger partial charge in [-0.25, -0.2) is 0 Å². The van der Waals surface area contributed by atoms with Crippen LogP contribution in [0, 0.1) is 11.8 Å². The molecule has 0 N–H and O–H groups in total. The van der Waals surface area contributed by atoms with Gasteiger partial charge in [-0.15, -0.1) is 0 Å². The summed E-state index contributed by atoms with van der Waals surface area (Å²) in [5.74, 6) is 5.38. The Hall–Kier alpha value is -0.350. The van der Waals surface area contributed by atoms with E-state index in [0.717, 1.165) is 12.8 Å². The van der Waals surface area contributed by atoms with Gasteiger partial charge >= 0.3 is 0 Å². The van der Waals surface area contributed by atoms with Crippen LogP contribution in [0.4, 0.5) is 0 Å². The van der Waals surface area contributed by atoms with Crippen LogP contribution in [0.3, 0.4) is 0 Å². The second-order valence-electron chi connectivity index (χ2n) is 1.15. The van der Waals surface area contributed by atoms with E-state index in [0.29, 0.717) is 0 Å². The zero-order chi connectivity index (χ0) is 5.54. The lowest BCUT2D eigenvalue weighted by atomic mass is 10.3. The minimum absolute atomic E-state index is 0.934. The van der Waals surface area contributed by atoms with Crippen molar-refractivity contribution < 1.29 is 0 Å². The summed E-state index contributed by atoms with van der Waals surface area (Å²) in [6.45, 7) is 2.08. The van der Waals surface area contributed by atoms with Crippen molar-refractivity contribution >= 4 is 17.6 Å². The second kappa shape index (κ2) is 5.65. The molecular formula is C6H7S. The normalized spacial score (nSPS) is 6.43. The van der Waals surface area contributed by atoms with Gasteiger partial charge in [0, 0.05) is 6.42 Å². The number of hydrogen-bond donors (Lipinski definition) is 0. The van der Waals surface area contributed by atoms with E-state index in [-0.39, 0.29) is 0 Å². The summed E-state index contributed by atoms with van der Waals surface area (Å²) >= 11 is 4.34. The van der Waals surface area contributed by atoms with Gasteiger partial charge in [0.1, 0.15) is 5.37 Å². The Balaban J connectivity index is 3.07. The zero-order valence-electron chi connectivity index (χ0n) is 4.32. The molecule has 0 aliphatic heterocycles. The summed E-state index contributed by atoms with van der Waals surface area (Å²) in [7, 11) is 0. The van der Waals surface area contributed by atoms with Gasteiger partial charge in [-0.05, 0) is 6.42 Å². The van der Waals surface area contributed by atoms with Gasteiger partial charge in [-0.2, -0.15) is 0 Å². The van der Waals surface area contributed by atoms with Crippen LogP contribution in [-0.2, 0) is 0 Å². The van der Waals surface area contributed by atoms with E-state index in [9.17, 15) is 0 Å². The van der Waals surface area contributed by atoms with Crippen molar-refractivity contribution in [2.75, 3.05) is 0 Å². The topological polar surface area (TPSA) is 0 Å². The molecule has 1 radical (unpaired) electrons. The van der Waals surface area contributed by atoms with Gasteiger partial charge in [0.25, 0.3) is 0 Å². The number of thiocarbonyl (C=S) groups is 1. The Morgan fingerprint density at radius 2 is 2.29 bits per heavy atom. The van der Waals surface area contributed by atoms with Crippen molar-refractivity contribution in [2.45, 2.75) is 19.8 Å². The van der Waals surface area contributed by atoms with Crippen LogP contribution in [-0.4, -0.2) is 5.37 Å². The first-order valence-corrected chi connectivity index (χ1v) is 2.67. The summed E-state index contributed by atoms with van der Waals surface area (Å²) in [4.78, 5) is 0. The van der Waals surface area contributed by atoms with Crippen LogP contribution >= 0.6 is 12.2 Å². The van der Waals surface area contributed by atoms with Crippen LogP contribution in [0.25, 0.3) is 0 Å². The highest BCUT2D eigenvalue weighted by Crippen LogP contribution is 1.79. The highest BCUT2D eigenvalue weighted by atomic mass is 32.1. The van der Waals surface area contributed by atoms with E-state index in [1.807, 2.05) is 0 Å². The molecule has 0 amide bonds. The monoisotopic (exact) mass is 111 g/mol.